The molecule has 0 spiro atoms. The summed E-state index contributed by atoms with van der Waals surface area (Å²) in [6.45, 7) is 4.93. The van der Waals surface area contributed by atoms with Crippen LogP contribution in [0.4, 0.5) is 0 Å². The number of hydrogen-bond donors (Lipinski definition) is 1. The highest BCUT2D eigenvalue weighted by molar-refractivity contribution is 7.12. The van der Waals surface area contributed by atoms with E-state index in [2.05, 4.69) is 24.9 Å². The molecule has 0 amide bonds. The van der Waals surface area contributed by atoms with Crippen LogP contribution >= 0.6 is 11.3 Å². The smallest absolute Gasteiger partial charge is 0.335 e. The Morgan fingerprint density at radius 3 is 2.80 bits per heavy atom. The van der Waals surface area contributed by atoms with E-state index in [0.717, 1.165) is 17.6 Å². The van der Waals surface area contributed by atoms with Crippen molar-refractivity contribution in [1.29, 1.82) is 0 Å². The van der Waals surface area contributed by atoms with E-state index in [4.69, 9.17) is 5.11 Å². The van der Waals surface area contributed by atoms with Crippen LogP contribution < -0.4 is 0 Å². The standard InChI is InChI=1S/C15H14N2O2S/c1-9-5-12(20-10(9)2)7-17-8-16-13-4-3-11(15(18)19)6-14(13)17/h3-6,8H,7H2,1-2H3,(H,18,19). The van der Waals surface area contributed by atoms with E-state index in [1.54, 1.807) is 35.9 Å². The van der Waals surface area contributed by atoms with Crippen LogP contribution in [0.3, 0.4) is 0 Å². The molecular weight excluding hydrogens is 272 g/mol. The molecule has 102 valence electrons. The van der Waals surface area contributed by atoms with Crippen molar-refractivity contribution in [3.8, 4) is 0 Å². The van der Waals surface area contributed by atoms with E-state index in [1.807, 2.05) is 4.57 Å². The Balaban J connectivity index is 2.02. The van der Waals surface area contributed by atoms with Gasteiger partial charge >= 0.3 is 5.97 Å². The highest BCUT2D eigenvalue weighted by Crippen LogP contribution is 2.23. The lowest BCUT2D eigenvalue weighted by Gasteiger charge is -2.02. The molecule has 1 N–H and O–H groups in total. The Kier molecular flexibility index (Phi) is 3.06. The van der Waals surface area contributed by atoms with Crippen molar-refractivity contribution in [3.63, 3.8) is 0 Å². The molecule has 2 heterocycles. The molecule has 0 atom stereocenters. The average molecular weight is 286 g/mol. The Morgan fingerprint density at radius 2 is 2.15 bits per heavy atom. The molecule has 5 heteroatoms. The number of aromatic carboxylic acids is 1. The minimum atomic E-state index is -0.914. The molecule has 1 aromatic carbocycles. The highest BCUT2D eigenvalue weighted by Gasteiger charge is 2.09. The monoisotopic (exact) mass is 286 g/mol. The molecule has 2 aromatic heterocycles. The number of carbonyl (C=O) groups is 1. The number of carboxylic acids is 1. The van der Waals surface area contributed by atoms with Crippen molar-refractivity contribution in [1.82, 2.24) is 9.55 Å². The molecule has 0 saturated heterocycles. The first-order valence-corrected chi connectivity index (χ1v) is 7.10. The van der Waals surface area contributed by atoms with Gasteiger partial charge in [-0.3, -0.25) is 0 Å². The fourth-order valence-corrected chi connectivity index (χ4v) is 3.26. The lowest BCUT2D eigenvalue weighted by atomic mass is 10.2. The van der Waals surface area contributed by atoms with E-state index in [1.165, 1.54) is 15.3 Å². The Bertz CT molecular complexity index is 782. The summed E-state index contributed by atoms with van der Waals surface area (Å²) < 4.78 is 1.99. The van der Waals surface area contributed by atoms with Crippen LogP contribution in [0.5, 0.6) is 0 Å². The summed E-state index contributed by atoms with van der Waals surface area (Å²) in [4.78, 5) is 17.9. The molecule has 0 unspecified atom stereocenters. The van der Waals surface area contributed by atoms with Crippen molar-refractivity contribution in [2.75, 3.05) is 0 Å². The summed E-state index contributed by atoms with van der Waals surface area (Å²) in [6, 6.07) is 7.19. The molecule has 4 nitrogen and oxygen atoms in total. The maximum absolute atomic E-state index is 11.1. The fraction of sp³-hybridized carbons (Fsp3) is 0.200. The first kappa shape index (κ1) is 12.9. The van der Waals surface area contributed by atoms with Gasteiger partial charge in [0.15, 0.2) is 0 Å². The topological polar surface area (TPSA) is 55.1 Å². The summed E-state index contributed by atoms with van der Waals surface area (Å²) in [5.41, 5.74) is 3.26. The van der Waals surface area contributed by atoms with Crippen LogP contribution in [0, 0.1) is 13.8 Å². The van der Waals surface area contributed by atoms with Gasteiger partial charge in [-0.1, -0.05) is 0 Å². The number of imidazole rings is 1. The zero-order valence-corrected chi connectivity index (χ0v) is 12.1. The zero-order valence-electron chi connectivity index (χ0n) is 11.3. The van der Waals surface area contributed by atoms with E-state index in [9.17, 15) is 4.79 Å². The molecular formula is C15H14N2O2S. The first-order chi connectivity index (χ1) is 9.54. The van der Waals surface area contributed by atoms with Crippen LogP contribution in [0.15, 0.2) is 30.6 Å². The summed E-state index contributed by atoms with van der Waals surface area (Å²) in [6.07, 6.45) is 1.76. The maximum atomic E-state index is 11.1. The predicted molar refractivity (Wildman–Crippen MR) is 79.6 cm³/mol. The summed E-state index contributed by atoms with van der Waals surface area (Å²) >= 11 is 1.77. The van der Waals surface area contributed by atoms with E-state index < -0.39 is 5.97 Å². The van der Waals surface area contributed by atoms with Gasteiger partial charge < -0.3 is 9.67 Å². The molecule has 0 saturated carbocycles. The molecule has 3 rings (SSSR count). The Hall–Kier alpha value is -2.14. The summed E-state index contributed by atoms with van der Waals surface area (Å²) in [5, 5.41) is 9.07. The number of benzene rings is 1. The summed E-state index contributed by atoms with van der Waals surface area (Å²) in [7, 11) is 0. The number of nitrogens with zero attached hydrogens (tertiary/aromatic N) is 2. The SMILES string of the molecule is Cc1cc(Cn2cnc3ccc(C(=O)O)cc32)sc1C. The van der Waals surface area contributed by atoms with Crippen LogP contribution in [-0.2, 0) is 6.54 Å². The second-order valence-electron chi connectivity index (χ2n) is 4.83. The van der Waals surface area contributed by atoms with Crippen LogP contribution in [-0.4, -0.2) is 20.6 Å². The average Bonchev–Trinajstić information content (AvgIpc) is 2.94. The van der Waals surface area contributed by atoms with Gasteiger partial charge in [0.05, 0.1) is 29.5 Å². The normalized spacial score (nSPS) is 11.1. The van der Waals surface area contributed by atoms with Crippen molar-refractivity contribution in [3.05, 3.63) is 51.5 Å². The van der Waals surface area contributed by atoms with Crippen molar-refractivity contribution in [2.24, 2.45) is 0 Å². The Morgan fingerprint density at radius 1 is 1.35 bits per heavy atom. The van der Waals surface area contributed by atoms with Gasteiger partial charge in [0, 0.05) is 9.75 Å². The van der Waals surface area contributed by atoms with E-state index >= 15 is 0 Å². The number of carboxylic acid groups (broad SMARTS) is 1. The molecule has 0 bridgehead atoms. The lowest BCUT2D eigenvalue weighted by Crippen LogP contribution is -1.99. The Labute approximate surface area is 120 Å². The molecule has 3 aromatic rings. The van der Waals surface area contributed by atoms with Gasteiger partial charge in [-0.25, -0.2) is 9.78 Å². The second kappa shape index (κ2) is 4.76. The third-order valence-corrected chi connectivity index (χ3v) is 4.55. The quantitative estimate of drug-likeness (QED) is 0.802. The molecule has 0 fully saturated rings. The van der Waals surface area contributed by atoms with Crippen molar-refractivity contribution in [2.45, 2.75) is 20.4 Å². The highest BCUT2D eigenvalue weighted by atomic mass is 32.1. The minimum Gasteiger partial charge on any atom is -0.478 e. The number of rotatable bonds is 3. The van der Waals surface area contributed by atoms with Gasteiger partial charge in [0.2, 0.25) is 0 Å². The summed E-state index contributed by atoms with van der Waals surface area (Å²) in [5.74, 6) is -0.914. The molecule has 0 aliphatic heterocycles. The number of hydrogen-bond acceptors (Lipinski definition) is 3. The second-order valence-corrected chi connectivity index (χ2v) is 6.17. The van der Waals surface area contributed by atoms with Crippen LogP contribution in [0.2, 0.25) is 0 Å². The lowest BCUT2D eigenvalue weighted by molar-refractivity contribution is 0.0697. The molecule has 20 heavy (non-hydrogen) atoms. The zero-order chi connectivity index (χ0) is 14.3. The van der Waals surface area contributed by atoms with Crippen LogP contribution in [0.1, 0.15) is 25.7 Å². The van der Waals surface area contributed by atoms with Crippen molar-refractivity contribution >= 4 is 28.3 Å². The van der Waals surface area contributed by atoms with Crippen molar-refractivity contribution < 1.29 is 9.90 Å². The van der Waals surface area contributed by atoms with Gasteiger partial charge in [-0.2, -0.15) is 0 Å². The predicted octanol–water partition coefficient (Wildman–Crippen LogP) is 3.46. The molecule has 0 radical (unpaired) electrons. The van der Waals surface area contributed by atoms with E-state index in [0.29, 0.717) is 0 Å². The van der Waals surface area contributed by atoms with Gasteiger partial charge in [0.25, 0.3) is 0 Å². The number of aromatic nitrogens is 2. The largest absolute Gasteiger partial charge is 0.478 e. The molecule has 0 aliphatic rings. The fourth-order valence-electron chi connectivity index (χ4n) is 2.21. The minimum absolute atomic E-state index is 0.290. The van der Waals surface area contributed by atoms with Crippen LogP contribution in [0.25, 0.3) is 11.0 Å². The maximum Gasteiger partial charge on any atom is 0.335 e. The third-order valence-electron chi connectivity index (χ3n) is 3.41. The number of fused-ring (bicyclic) bond motifs is 1. The van der Waals surface area contributed by atoms with Gasteiger partial charge in [-0.05, 0) is 43.7 Å². The third kappa shape index (κ3) is 2.20. The number of thiophene rings is 1. The van der Waals surface area contributed by atoms with E-state index in [-0.39, 0.29) is 5.56 Å². The van der Waals surface area contributed by atoms with Gasteiger partial charge in [0.1, 0.15) is 0 Å². The number of aryl methyl sites for hydroxylation is 2. The van der Waals surface area contributed by atoms with Gasteiger partial charge in [-0.15, -0.1) is 11.3 Å². The first-order valence-electron chi connectivity index (χ1n) is 6.28. The molecule has 0 aliphatic carbocycles.